The first kappa shape index (κ1) is 16.4. The molecule has 0 bridgehead atoms. The molecule has 7 heteroatoms. The van der Waals surface area contributed by atoms with Gasteiger partial charge in [0.25, 0.3) is 11.8 Å². The molecule has 0 saturated carbocycles. The normalized spacial score (nSPS) is 15.5. The molecule has 2 rings (SSSR count). The Morgan fingerprint density at radius 2 is 1.76 bits per heavy atom. The van der Waals surface area contributed by atoms with Crippen LogP contribution in [0.1, 0.15) is 41.5 Å². The fourth-order valence-corrected chi connectivity index (χ4v) is 3.78. The quantitative estimate of drug-likeness (QED) is 0.554. The molecule has 0 unspecified atom stereocenters. The maximum Gasteiger partial charge on any atom is 0.262 e. The first-order chi connectivity index (χ1) is 9.56. The molecule has 0 aliphatic carbocycles. The summed E-state index contributed by atoms with van der Waals surface area (Å²) in [6.07, 6.45) is 0. The first-order valence-corrected chi connectivity index (χ1v) is 9.16. The van der Waals surface area contributed by atoms with Crippen LogP contribution in [0.15, 0.2) is 18.2 Å². The number of benzene rings is 1. The molecule has 1 aliphatic heterocycles. The van der Waals surface area contributed by atoms with E-state index >= 15 is 0 Å². The van der Waals surface area contributed by atoms with Crippen LogP contribution in [-0.2, 0) is 9.84 Å². The van der Waals surface area contributed by atoms with Gasteiger partial charge in [-0.25, -0.2) is 8.42 Å². The number of hydrogen-bond acceptors (Lipinski definition) is 4. The van der Waals surface area contributed by atoms with Crippen molar-refractivity contribution in [1.29, 1.82) is 0 Å². The average Bonchev–Trinajstić information content (AvgIpc) is 2.59. The summed E-state index contributed by atoms with van der Waals surface area (Å²) in [4.78, 5) is 25.6. The molecule has 114 valence electrons. The smallest absolute Gasteiger partial charge is 0.262 e. The lowest BCUT2D eigenvalue weighted by molar-refractivity contribution is 0.0663. The Bertz CT molecular complexity index is 719. The maximum atomic E-state index is 12.3. The van der Waals surface area contributed by atoms with Crippen molar-refractivity contribution in [2.24, 2.45) is 0 Å². The van der Waals surface area contributed by atoms with Gasteiger partial charge in [-0.05, 0) is 55.5 Å². The lowest BCUT2D eigenvalue weighted by Gasteiger charge is -2.21. The van der Waals surface area contributed by atoms with E-state index in [2.05, 4.69) is 0 Å². The summed E-state index contributed by atoms with van der Waals surface area (Å²) in [5, 5.41) is 0. The SMILES string of the molecule is CC(C)(C)S(=O)(=O)CCN1C(=O)c2cccc(I)c2C1=O. The van der Waals surface area contributed by atoms with E-state index in [0.29, 0.717) is 14.7 Å². The van der Waals surface area contributed by atoms with Gasteiger partial charge < -0.3 is 0 Å². The Balaban J connectivity index is 2.24. The second-order valence-corrected chi connectivity index (χ2v) is 9.88. The van der Waals surface area contributed by atoms with Crippen molar-refractivity contribution in [2.45, 2.75) is 25.5 Å². The molecule has 0 radical (unpaired) electrons. The predicted octanol–water partition coefficient (Wildman–Crippen LogP) is 2.10. The Hall–Kier alpha value is -0.960. The van der Waals surface area contributed by atoms with Crippen LogP contribution in [0.4, 0.5) is 0 Å². The number of amides is 2. The summed E-state index contributed by atoms with van der Waals surface area (Å²) in [6, 6.07) is 5.05. The molecule has 21 heavy (non-hydrogen) atoms. The molecule has 1 aromatic carbocycles. The minimum Gasteiger partial charge on any atom is -0.273 e. The van der Waals surface area contributed by atoms with E-state index in [1.807, 2.05) is 22.6 Å². The van der Waals surface area contributed by atoms with E-state index in [0.717, 1.165) is 4.90 Å². The number of hydrogen-bond donors (Lipinski definition) is 0. The van der Waals surface area contributed by atoms with Crippen LogP contribution in [0.2, 0.25) is 0 Å². The number of rotatable bonds is 3. The molecular formula is C14H16INO4S. The van der Waals surface area contributed by atoms with E-state index < -0.39 is 26.4 Å². The minimum atomic E-state index is -3.38. The van der Waals surface area contributed by atoms with Gasteiger partial charge >= 0.3 is 0 Å². The highest BCUT2D eigenvalue weighted by Gasteiger charge is 2.38. The minimum absolute atomic E-state index is 0.109. The van der Waals surface area contributed by atoms with Crippen LogP contribution < -0.4 is 0 Å². The highest BCUT2D eigenvalue weighted by molar-refractivity contribution is 14.1. The van der Waals surface area contributed by atoms with Crippen molar-refractivity contribution in [3.63, 3.8) is 0 Å². The number of fused-ring (bicyclic) bond motifs is 1. The number of carbonyl (C=O) groups excluding carboxylic acids is 2. The van der Waals surface area contributed by atoms with Crippen LogP contribution in [-0.4, -0.2) is 42.2 Å². The highest BCUT2D eigenvalue weighted by atomic mass is 127. The maximum absolute atomic E-state index is 12.3. The Labute approximate surface area is 137 Å². The third-order valence-electron chi connectivity index (χ3n) is 3.46. The fourth-order valence-electron chi connectivity index (χ4n) is 2.01. The Morgan fingerprint density at radius 1 is 1.14 bits per heavy atom. The molecule has 0 atom stereocenters. The molecular weight excluding hydrogens is 405 g/mol. The van der Waals surface area contributed by atoms with Crippen LogP contribution in [0.3, 0.4) is 0 Å². The van der Waals surface area contributed by atoms with Crippen LogP contribution in [0, 0.1) is 3.57 Å². The van der Waals surface area contributed by atoms with E-state index in [1.165, 1.54) is 0 Å². The standard InChI is InChI=1S/C14H16INO4S/c1-14(2,3)21(19,20)8-7-16-12(17)9-5-4-6-10(15)11(9)13(16)18/h4-6H,7-8H2,1-3H3. The van der Waals surface area contributed by atoms with Crippen molar-refractivity contribution >= 4 is 44.2 Å². The lowest BCUT2D eigenvalue weighted by atomic mass is 10.1. The van der Waals surface area contributed by atoms with Crippen LogP contribution in [0.5, 0.6) is 0 Å². The molecule has 0 saturated heterocycles. The number of halogens is 1. The molecule has 2 amide bonds. The van der Waals surface area contributed by atoms with Crippen molar-refractivity contribution < 1.29 is 18.0 Å². The second-order valence-electron chi connectivity index (χ2n) is 5.86. The number of sulfone groups is 1. The van der Waals surface area contributed by atoms with E-state index in [9.17, 15) is 18.0 Å². The molecule has 1 aliphatic rings. The molecule has 0 N–H and O–H groups in total. The Kier molecular flexibility index (Phi) is 4.18. The average molecular weight is 421 g/mol. The fraction of sp³-hybridized carbons (Fsp3) is 0.429. The third-order valence-corrected chi connectivity index (χ3v) is 6.95. The van der Waals surface area contributed by atoms with Gasteiger partial charge in [0.15, 0.2) is 9.84 Å². The zero-order valence-corrected chi connectivity index (χ0v) is 15.0. The van der Waals surface area contributed by atoms with Crippen molar-refractivity contribution in [1.82, 2.24) is 4.90 Å². The van der Waals surface area contributed by atoms with E-state index in [1.54, 1.807) is 39.0 Å². The van der Waals surface area contributed by atoms with E-state index in [4.69, 9.17) is 0 Å². The van der Waals surface area contributed by atoms with Gasteiger partial charge in [0.1, 0.15) is 0 Å². The summed E-state index contributed by atoms with van der Waals surface area (Å²) >= 11 is 2.00. The van der Waals surface area contributed by atoms with Gasteiger partial charge in [-0.3, -0.25) is 14.5 Å². The van der Waals surface area contributed by atoms with Crippen LogP contribution >= 0.6 is 22.6 Å². The number of nitrogens with zero attached hydrogens (tertiary/aromatic N) is 1. The molecule has 0 spiro atoms. The second kappa shape index (κ2) is 5.35. The summed E-state index contributed by atoms with van der Waals surface area (Å²) in [5.74, 6) is -1.06. The van der Waals surface area contributed by atoms with Gasteiger partial charge in [-0.15, -0.1) is 0 Å². The molecule has 0 aromatic heterocycles. The predicted molar refractivity (Wildman–Crippen MR) is 88.1 cm³/mol. The molecule has 1 aromatic rings. The zero-order chi connectivity index (χ0) is 16.0. The van der Waals surface area contributed by atoms with Crippen molar-refractivity contribution in [3.05, 3.63) is 32.9 Å². The molecule has 0 fully saturated rings. The zero-order valence-electron chi connectivity index (χ0n) is 12.0. The molecule has 5 nitrogen and oxygen atoms in total. The van der Waals surface area contributed by atoms with Crippen molar-refractivity contribution in [3.8, 4) is 0 Å². The summed E-state index contributed by atoms with van der Waals surface area (Å²) < 4.78 is 24.0. The summed E-state index contributed by atoms with van der Waals surface area (Å²) in [7, 11) is -3.38. The summed E-state index contributed by atoms with van der Waals surface area (Å²) in [6.45, 7) is 4.71. The first-order valence-electron chi connectivity index (χ1n) is 6.43. The number of imide groups is 1. The van der Waals surface area contributed by atoms with Gasteiger partial charge in [0, 0.05) is 10.1 Å². The van der Waals surface area contributed by atoms with E-state index in [-0.39, 0.29) is 12.3 Å². The summed E-state index contributed by atoms with van der Waals surface area (Å²) in [5.41, 5.74) is 0.719. The largest absolute Gasteiger partial charge is 0.273 e. The topological polar surface area (TPSA) is 71.5 Å². The lowest BCUT2D eigenvalue weighted by Crippen LogP contribution is -2.39. The monoisotopic (exact) mass is 421 g/mol. The third kappa shape index (κ3) is 2.85. The van der Waals surface area contributed by atoms with Gasteiger partial charge in [-0.2, -0.15) is 0 Å². The van der Waals surface area contributed by atoms with Gasteiger partial charge in [-0.1, -0.05) is 6.07 Å². The van der Waals surface area contributed by atoms with Crippen molar-refractivity contribution in [2.75, 3.05) is 12.3 Å². The van der Waals surface area contributed by atoms with Gasteiger partial charge in [0.2, 0.25) is 0 Å². The van der Waals surface area contributed by atoms with Crippen LogP contribution in [0.25, 0.3) is 0 Å². The molecule has 1 heterocycles. The number of carbonyl (C=O) groups is 2. The highest BCUT2D eigenvalue weighted by Crippen LogP contribution is 2.27. The van der Waals surface area contributed by atoms with Gasteiger partial charge in [0.05, 0.1) is 21.6 Å². The Morgan fingerprint density at radius 3 is 2.29 bits per heavy atom.